The number of hydrogen-bond donors (Lipinski definition) is 0. The Morgan fingerprint density at radius 2 is 2.00 bits per heavy atom. The van der Waals surface area contributed by atoms with E-state index in [-0.39, 0.29) is 5.92 Å². The number of ketones is 1. The van der Waals surface area contributed by atoms with E-state index in [0.29, 0.717) is 5.78 Å². The lowest BCUT2D eigenvalue weighted by Crippen LogP contribution is -2.12. The van der Waals surface area contributed by atoms with Gasteiger partial charge in [-0.1, -0.05) is 26.7 Å². The summed E-state index contributed by atoms with van der Waals surface area (Å²) in [5.41, 5.74) is 0. The number of thiophene rings is 2. The highest BCUT2D eigenvalue weighted by Crippen LogP contribution is 2.44. The SMILES string of the molecule is CCCC[C@@H](CC)C(=O)c1cc2c(Br)sc(Br)c2s1. The summed E-state index contributed by atoms with van der Waals surface area (Å²) in [5.74, 6) is 0.505. The number of hydrogen-bond acceptors (Lipinski definition) is 3. The minimum atomic E-state index is 0.184. The van der Waals surface area contributed by atoms with Gasteiger partial charge < -0.3 is 0 Å². The molecule has 0 aliphatic rings. The number of carbonyl (C=O) groups is 1. The quantitative estimate of drug-likeness (QED) is 0.462. The molecule has 0 aliphatic heterocycles. The van der Waals surface area contributed by atoms with Crippen LogP contribution in [0.15, 0.2) is 13.6 Å². The van der Waals surface area contributed by atoms with Gasteiger partial charge in [0.15, 0.2) is 5.78 Å². The Morgan fingerprint density at radius 3 is 2.58 bits per heavy atom. The van der Waals surface area contributed by atoms with Crippen LogP contribution in [0.3, 0.4) is 0 Å². The molecule has 2 heterocycles. The van der Waals surface area contributed by atoms with Crippen molar-refractivity contribution in [1.82, 2.24) is 0 Å². The molecule has 2 aromatic heterocycles. The first-order valence-corrected chi connectivity index (χ1v) is 9.71. The van der Waals surface area contributed by atoms with Crippen molar-refractivity contribution in [3.05, 3.63) is 18.5 Å². The molecule has 0 unspecified atom stereocenters. The van der Waals surface area contributed by atoms with Gasteiger partial charge in [0.25, 0.3) is 0 Å². The first kappa shape index (κ1) is 15.7. The standard InChI is InChI=1S/C14H16Br2OS2/c1-3-5-6-8(4-2)11(17)10-7-9-12(18-10)14(16)19-13(9)15/h7-8H,3-6H2,1-2H3/t8-/m1/s1. The molecule has 0 amide bonds. The second kappa shape index (κ2) is 6.83. The maximum atomic E-state index is 12.6. The van der Waals surface area contributed by atoms with E-state index in [1.165, 1.54) is 4.70 Å². The maximum Gasteiger partial charge on any atom is 0.175 e. The highest BCUT2D eigenvalue weighted by molar-refractivity contribution is 9.12. The fourth-order valence-electron chi connectivity index (χ4n) is 2.16. The molecule has 0 spiro atoms. The average Bonchev–Trinajstić information content (AvgIpc) is 2.93. The van der Waals surface area contributed by atoms with Crippen molar-refractivity contribution in [2.24, 2.45) is 5.92 Å². The Morgan fingerprint density at radius 1 is 1.26 bits per heavy atom. The van der Waals surface area contributed by atoms with Gasteiger partial charge in [0.1, 0.15) is 0 Å². The predicted molar refractivity (Wildman–Crippen MR) is 92.7 cm³/mol. The summed E-state index contributed by atoms with van der Waals surface area (Å²) in [6.07, 6.45) is 4.24. The van der Waals surface area contributed by atoms with Gasteiger partial charge in [-0.2, -0.15) is 0 Å². The number of Topliss-reactive ketones (excluding diaryl/α,β-unsaturated/α-hetero) is 1. The van der Waals surface area contributed by atoms with Crippen molar-refractivity contribution in [2.45, 2.75) is 39.5 Å². The van der Waals surface area contributed by atoms with Crippen LogP contribution in [0.1, 0.15) is 49.2 Å². The molecule has 0 fully saturated rings. The summed E-state index contributed by atoms with van der Waals surface area (Å²) in [4.78, 5) is 13.5. The molecule has 0 aliphatic carbocycles. The molecule has 0 saturated heterocycles. The Labute approximate surface area is 138 Å². The van der Waals surface area contributed by atoms with Crippen molar-refractivity contribution >= 4 is 70.4 Å². The Bertz CT molecular complexity index is 551. The lowest BCUT2D eigenvalue weighted by atomic mass is 9.94. The van der Waals surface area contributed by atoms with Crippen LogP contribution < -0.4 is 0 Å². The van der Waals surface area contributed by atoms with E-state index in [4.69, 9.17) is 0 Å². The largest absolute Gasteiger partial charge is 0.293 e. The molecular formula is C14H16Br2OS2. The number of carbonyl (C=O) groups excluding carboxylic acids is 1. The molecule has 1 atom stereocenters. The van der Waals surface area contributed by atoms with E-state index >= 15 is 0 Å². The van der Waals surface area contributed by atoms with Crippen LogP contribution in [0.4, 0.5) is 0 Å². The summed E-state index contributed by atoms with van der Waals surface area (Å²) in [5, 5.41) is 1.16. The summed E-state index contributed by atoms with van der Waals surface area (Å²) < 4.78 is 3.40. The van der Waals surface area contributed by atoms with Crippen molar-refractivity contribution < 1.29 is 4.79 Å². The molecule has 2 aromatic rings. The Kier molecular flexibility index (Phi) is 5.64. The van der Waals surface area contributed by atoms with Crippen LogP contribution in [0, 0.1) is 5.92 Å². The summed E-state index contributed by atoms with van der Waals surface area (Å²) >= 11 is 10.4. The number of halogens is 2. The van der Waals surface area contributed by atoms with Crippen molar-refractivity contribution in [3.8, 4) is 0 Å². The second-order valence-corrected chi connectivity index (χ2v) is 9.32. The van der Waals surface area contributed by atoms with Crippen molar-refractivity contribution in [1.29, 1.82) is 0 Å². The van der Waals surface area contributed by atoms with Crippen LogP contribution in [-0.4, -0.2) is 5.78 Å². The minimum absolute atomic E-state index is 0.184. The zero-order chi connectivity index (χ0) is 14.0. The summed E-state index contributed by atoms with van der Waals surface area (Å²) in [6, 6.07) is 2.04. The zero-order valence-electron chi connectivity index (χ0n) is 11.0. The van der Waals surface area contributed by atoms with Gasteiger partial charge in [0.05, 0.1) is 17.1 Å². The average molecular weight is 424 g/mol. The third-order valence-electron chi connectivity index (χ3n) is 3.31. The smallest absolute Gasteiger partial charge is 0.175 e. The third kappa shape index (κ3) is 3.31. The zero-order valence-corrected chi connectivity index (χ0v) is 15.8. The van der Waals surface area contributed by atoms with Gasteiger partial charge in [-0.05, 0) is 50.8 Å². The summed E-state index contributed by atoms with van der Waals surface area (Å²) in [7, 11) is 0. The van der Waals surface area contributed by atoms with Gasteiger partial charge >= 0.3 is 0 Å². The topological polar surface area (TPSA) is 17.1 Å². The number of unbranched alkanes of at least 4 members (excludes halogenated alkanes) is 1. The van der Waals surface area contributed by atoms with Crippen LogP contribution >= 0.6 is 54.5 Å². The van der Waals surface area contributed by atoms with E-state index < -0.39 is 0 Å². The van der Waals surface area contributed by atoms with Gasteiger partial charge in [0, 0.05) is 11.3 Å². The van der Waals surface area contributed by atoms with Crippen LogP contribution in [0.2, 0.25) is 0 Å². The van der Waals surface area contributed by atoms with E-state index in [0.717, 1.165) is 43.5 Å². The van der Waals surface area contributed by atoms with Gasteiger partial charge in [-0.25, -0.2) is 0 Å². The van der Waals surface area contributed by atoms with Crippen LogP contribution in [0.5, 0.6) is 0 Å². The van der Waals surface area contributed by atoms with Crippen molar-refractivity contribution in [2.75, 3.05) is 0 Å². The van der Waals surface area contributed by atoms with E-state index in [1.807, 2.05) is 6.07 Å². The normalized spacial score (nSPS) is 13.1. The van der Waals surface area contributed by atoms with E-state index in [1.54, 1.807) is 22.7 Å². The minimum Gasteiger partial charge on any atom is -0.293 e. The van der Waals surface area contributed by atoms with Crippen molar-refractivity contribution in [3.63, 3.8) is 0 Å². The first-order chi connectivity index (χ1) is 9.08. The lowest BCUT2D eigenvalue weighted by molar-refractivity contribution is 0.0912. The molecule has 104 valence electrons. The van der Waals surface area contributed by atoms with Gasteiger partial charge in [-0.15, -0.1) is 22.7 Å². The molecule has 0 bridgehead atoms. The predicted octanol–water partition coefficient (Wildman–Crippen LogP) is 6.89. The maximum absolute atomic E-state index is 12.6. The molecule has 0 aromatic carbocycles. The molecule has 0 saturated carbocycles. The highest BCUT2D eigenvalue weighted by atomic mass is 79.9. The Balaban J connectivity index is 2.27. The molecule has 2 rings (SSSR count). The molecule has 5 heteroatoms. The lowest BCUT2D eigenvalue weighted by Gasteiger charge is -2.11. The van der Waals surface area contributed by atoms with E-state index in [2.05, 4.69) is 45.7 Å². The fraction of sp³-hybridized carbons (Fsp3) is 0.500. The number of rotatable bonds is 6. The first-order valence-electron chi connectivity index (χ1n) is 6.50. The molecule has 19 heavy (non-hydrogen) atoms. The van der Waals surface area contributed by atoms with Crippen LogP contribution in [0.25, 0.3) is 10.1 Å². The second-order valence-electron chi connectivity index (χ2n) is 4.61. The molecule has 1 nitrogen and oxygen atoms in total. The van der Waals surface area contributed by atoms with E-state index in [9.17, 15) is 4.79 Å². The summed E-state index contributed by atoms with van der Waals surface area (Å²) in [6.45, 7) is 4.28. The monoisotopic (exact) mass is 422 g/mol. The molecule has 0 radical (unpaired) electrons. The fourth-order valence-corrected chi connectivity index (χ4v) is 6.64. The number of fused-ring (bicyclic) bond motifs is 1. The highest BCUT2D eigenvalue weighted by Gasteiger charge is 2.22. The molecular weight excluding hydrogens is 408 g/mol. The molecule has 0 N–H and O–H groups in total. The van der Waals surface area contributed by atoms with Gasteiger partial charge in [-0.3, -0.25) is 4.79 Å². The van der Waals surface area contributed by atoms with Crippen LogP contribution in [-0.2, 0) is 0 Å². The Hall–Kier alpha value is 0.290. The van der Waals surface area contributed by atoms with Gasteiger partial charge in [0.2, 0.25) is 0 Å². The third-order valence-corrected chi connectivity index (χ3v) is 7.45.